The first kappa shape index (κ1) is 11.5. The second kappa shape index (κ2) is 4.09. The number of halogens is 3. The number of rotatable bonds is 2. The number of nitriles is 1. The van der Waals surface area contributed by atoms with Crippen LogP contribution in [0.3, 0.4) is 0 Å². The second-order valence-corrected chi connectivity index (χ2v) is 3.61. The van der Waals surface area contributed by atoms with E-state index < -0.39 is 12.6 Å². The van der Waals surface area contributed by atoms with E-state index in [9.17, 15) is 13.2 Å². The van der Waals surface area contributed by atoms with Gasteiger partial charge in [-0.25, -0.2) is 4.98 Å². The first-order chi connectivity index (χ1) is 7.99. The summed E-state index contributed by atoms with van der Waals surface area (Å²) in [7, 11) is 0. The predicted molar refractivity (Wildman–Crippen MR) is 55.2 cm³/mol. The van der Waals surface area contributed by atoms with Crippen molar-refractivity contribution in [2.75, 3.05) is 0 Å². The van der Waals surface area contributed by atoms with E-state index in [1.165, 1.54) is 0 Å². The highest BCUT2D eigenvalue weighted by Crippen LogP contribution is 2.22. The molecule has 0 radical (unpaired) electrons. The Morgan fingerprint density at radius 2 is 2.12 bits per heavy atom. The molecule has 0 saturated carbocycles. The van der Waals surface area contributed by atoms with Gasteiger partial charge in [0, 0.05) is 6.42 Å². The number of aromatic amines is 1. The van der Waals surface area contributed by atoms with Gasteiger partial charge in [0.1, 0.15) is 17.4 Å². The summed E-state index contributed by atoms with van der Waals surface area (Å²) in [6, 6.07) is 6.87. The first-order valence-electron chi connectivity index (χ1n) is 4.94. The molecular weight excluding hydrogens is 231 g/mol. The Kier molecular flexibility index (Phi) is 2.76. The molecule has 0 spiro atoms. The summed E-state index contributed by atoms with van der Waals surface area (Å²) >= 11 is 0. The zero-order valence-corrected chi connectivity index (χ0v) is 8.67. The number of H-pyrrole nitrogens is 1. The first-order valence-corrected chi connectivity index (χ1v) is 4.94. The highest BCUT2D eigenvalue weighted by molar-refractivity contribution is 5.81. The van der Waals surface area contributed by atoms with Crippen molar-refractivity contribution in [2.24, 2.45) is 0 Å². The topological polar surface area (TPSA) is 52.5 Å². The van der Waals surface area contributed by atoms with E-state index in [0.29, 0.717) is 16.6 Å². The number of aryl methyl sites for hydroxylation is 1. The molecule has 2 aromatic rings. The molecule has 1 heterocycles. The summed E-state index contributed by atoms with van der Waals surface area (Å²) in [4.78, 5) is 6.79. The fourth-order valence-electron chi connectivity index (χ4n) is 1.55. The average molecular weight is 239 g/mol. The molecule has 0 aliphatic carbocycles. The van der Waals surface area contributed by atoms with E-state index >= 15 is 0 Å². The summed E-state index contributed by atoms with van der Waals surface area (Å²) < 4.78 is 36.1. The van der Waals surface area contributed by atoms with Gasteiger partial charge in [0.25, 0.3) is 0 Å². The third-order valence-corrected chi connectivity index (χ3v) is 2.33. The van der Waals surface area contributed by atoms with E-state index in [1.54, 1.807) is 18.2 Å². The van der Waals surface area contributed by atoms with Crippen molar-refractivity contribution in [3.8, 4) is 6.07 Å². The van der Waals surface area contributed by atoms with Gasteiger partial charge in [0.15, 0.2) is 0 Å². The normalized spacial score (nSPS) is 11.6. The molecule has 0 aliphatic heterocycles. The summed E-state index contributed by atoms with van der Waals surface area (Å²) in [6.45, 7) is 0. The molecule has 1 aromatic carbocycles. The average Bonchev–Trinajstić information content (AvgIpc) is 2.67. The highest BCUT2D eigenvalue weighted by atomic mass is 19.4. The predicted octanol–water partition coefficient (Wildman–Crippen LogP) is 2.93. The zero-order chi connectivity index (χ0) is 12.5. The number of hydrogen-bond acceptors (Lipinski definition) is 2. The number of para-hydroxylation sites is 1. The number of nitrogens with one attached hydrogen (secondary N) is 1. The van der Waals surface area contributed by atoms with Gasteiger partial charge >= 0.3 is 6.18 Å². The van der Waals surface area contributed by atoms with Crippen molar-refractivity contribution >= 4 is 11.0 Å². The minimum Gasteiger partial charge on any atom is -0.342 e. The molecule has 0 atom stereocenters. The fraction of sp³-hybridized carbons (Fsp3) is 0.273. The summed E-state index contributed by atoms with van der Waals surface area (Å²) in [5, 5.41) is 8.82. The van der Waals surface area contributed by atoms with E-state index in [-0.39, 0.29) is 12.2 Å². The molecule has 3 nitrogen and oxygen atoms in total. The van der Waals surface area contributed by atoms with E-state index in [1.807, 2.05) is 6.07 Å². The maximum Gasteiger partial charge on any atom is 0.389 e. The number of fused-ring (bicyclic) bond motifs is 1. The lowest BCUT2D eigenvalue weighted by Gasteiger charge is -2.02. The maximum absolute atomic E-state index is 12.0. The zero-order valence-electron chi connectivity index (χ0n) is 8.67. The molecule has 0 amide bonds. The van der Waals surface area contributed by atoms with Gasteiger partial charge in [0.05, 0.1) is 17.5 Å². The van der Waals surface area contributed by atoms with Gasteiger partial charge in [-0.2, -0.15) is 18.4 Å². The molecule has 0 aliphatic rings. The van der Waals surface area contributed by atoms with Gasteiger partial charge in [-0.15, -0.1) is 0 Å². The summed E-state index contributed by atoms with van der Waals surface area (Å²) in [6.07, 6.45) is -5.32. The summed E-state index contributed by atoms with van der Waals surface area (Å²) in [5.74, 6) is 0.250. The van der Waals surface area contributed by atoms with Crippen molar-refractivity contribution < 1.29 is 13.2 Å². The van der Waals surface area contributed by atoms with Gasteiger partial charge < -0.3 is 4.98 Å². The number of alkyl halides is 3. The monoisotopic (exact) mass is 239 g/mol. The van der Waals surface area contributed by atoms with Crippen LogP contribution in [0.5, 0.6) is 0 Å². The lowest BCUT2D eigenvalue weighted by Crippen LogP contribution is -2.09. The van der Waals surface area contributed by atoms with E-state index in [4.69, 9.17) is 5.26 Å². The van der Waals surface area contributed by atoms with Crippen LogP contribution >= 0.6 is 0 Å². The van der Waals surface area contributed by atoms with Crippen molar-refractivity contribution in [1.29, 1.82) is 5.26 Å². The number of aromatic nitrogens is 2. The lowest BCUT2D eigenvalue weighted by molar-refractivity contribution is -0.134. The van der Waals surface area contributed by atoms with Crippen LogP contribution in [-0.2, 0) is 6.42 Å². The number of nitrogens with zero attached hydrogens (tertiary/aromatic N) is 2. The van der Waals surface area contributed by atoms with Crippen LogP contribution in [0.2, 0.25) is 0 Å². The molecule has 6 heteroatoms. The molecule has 0 fully saturated rings. The standard InChI is InChI=1S/C11H8F3N3/c12-11(13,14)5-4-9-16-8-3-1-2-7(6-15)10(8)17-9/h1-3H,4-5H2,(H,16,17). The van der Waals surface area contributed by atoms with E-state index in [0.717, 1.165) is 0 Å². The fourth-order valence-corrected chi connectivity index (χ4v) is 1.55. The third-order valence-electron chi connectivity index (χ3n) is 2.33. The van der Waals surface area contributed by atoms with Gasteiger partial charge in [0.2, 0.25) is 0 Å². The number of imidazole rings is 1. The van der Waals surface area contributed by atoms with Crippen LogP contribution < -0.4 is 0 Å². The Morgan fingerprint density at radius 1 is 1.35 bits per heavy atom. The van der Waals surface area contributed by atoms with Crippen LogP contribution in [0.15, 0.2) is 18.2 Å². The smallest absolute Gasteiger partial charge is 0.342 e. The largest absolute Gasteiger partial charge is 0.389 e. The SMILES string of the molecule is N#Cc1cccc2[nH]c(CCC(F)(F)F)nc12. The van der Waals surface area contributed by atoms with Gasteiger partial charge in [-0.05, 0) is 12.1 Å². The highest BCUT2D eigenvalue weighted by Gasteiger charge is 2.27. The molecule has 17 heavy (non-hydrogen) atoms. The Bertz CT molecular complexity index is 578. The quantitative estimate of drug-likeness (QED) is 0.875. The Balaban J connectivity index is 2.30. The molecular formula is C11H8F3N3. The van der Waals surface area contributed by atoms with Crippen molar-refractivity contribution in [1.82, 2.24) is 9.97 Å². The van der Waals surface area contributed by atoms with Crippen molar-refractivity contribution in [2.45, 2.75) is 19.0 Å². The minimum absolute atomic E-state index is 0.205. The lowest BCUT2D eigenvalue weighted by atomic mass is 10.2. The van der Waals surface area contributed by atoms with Crippen molar-refractivity contribution in [3.63, 3.8) is 0 Å². The van der Waals surface area contributed by atoms with Gasteiger partial charge in [-0.1, -0.05) is 6.07 Å². The second-order valence-electron chi connectivity index (χ2n) is 3.61. The molecule has 1 N–H and O–H groups in total. The molecule has 88 valence electrons. The van der Waals surface area contributed by atoms with Crippen LogP contribution in [0, 0.1) is 11.3 Å². The number of benzene rings is 1. The minimum atomic E-state index is -4.20. The number of hydrogen-bond donors (Lipinski definition) is 1. The van der Waals surface area contributed by atoms with Crippen LogP contribution in [-0.4, -0.2) is 16.1 Å². The van der Waals surface area contributed by atoms with Crippen LogP contribution in [0.4, 0.5) is 13.2 Å². The van der Waals surface area contributed by atoms with Gasteiger partial charge in [-0.3, -0.25) is 0 Å². The van der Waals surface area contributed by atoms with E-state index in [2.05, 4.69) is 9.97 Å². The van der Waals surface area contributed by atoms with Crippen molar-refractivity contribution in [3.05, 3.63) is 29.6 Å². The maximum atomic E-state index is 12.0. The molecule has 1 aromatic heterocycles. The third kappa shape index (κ3) is 2.56. The van der Waals surface area contributed by atoms with Crippen LogP contribution in [0.1, 0.15) is 17.8 Å². The van der Waals surface area contributed by atoms with Crippen LogP contribution in [0.25, 0.3) is 11.0 Å². The summed E-state index contributed by atoms with van der Waals surface area (Å²) in [5.41, 5.74) is 1.37. The molecule has 0 bridgehead atoms. The molecule has 2 rings (SSSR count). The molecule has 0 saturated heterocycles. The Morgan fingerprint density at radius 3 is 2.76 bits per heavy atom. The Labute approximate surface area is 94.9 Å². The molecule has 0 unspecified atom stereocenters. The Hall–Kier alpha value is -2.03.